The van der Waals surface area contributed by atoms with Crippen LogP contribution in [0.4, 0.5) is 13.2 Å². The SMILES string of the molecule is CC(C)(C)n1cc(CO)c(C(F)(F)F)n1. The minimum Gasteiger partial charge on any atom is -0.392 e. The van der Waals surface area contributed by atoms with Crippen LogP contribution in [0.25, 0.3) is 0 Å². The molecule has 0 fully saturated rings. The minimum atomic E-state index is -4.52. The van der Waals surface area contributed by atoms with Crippen LogP contribution >= 0.6 is 0 Å². The number of nitrogens with zero attached hydrogens (tertiary/aromatic N) is 2. The third kappa shape index (κ3) is 2.50. The van der Waals surface area contributed by atoms with Crippen LogP contribution in [-0.4, -0.2) is 14.9 Å². The quantitative estimate of drug-likeness (QED) is 0.790. The first-order valence-electron chi connectivity index (χ1n) is 4.43. The summed E-state index contributed by atoms with van der Waals surface area (Å²) in [5.74, 6) is 0. The molecule has 0 amide bonds. The Hall–Kier alpha value is -1.04. The first kappa shape index (κ1) is 12.0. The molecule has 0 aliphatic heterocycles. The van der Waals surface area contributed by atoms with Gasteiger partial charge in [0.15, 0.2) is 5.69 Å². The molecule has 15 heavy (non-hydrogen) atoms. The summed E-state index contributed by atoms with van der Waals surface area (Å²) in [5.41, 5.74) is -1.75. The molecule has 0 saturated carbocycles. The van der Waals surface area contributed by atoms with E-state index in [9.17, 15) is 13.2 Å². The van der Waals surface area contributed by atoms with Gasteiger partial charge in [0.2, 0.25) is 0 Å². The fraction of sp³-hybridized carbons (Fsp3) is 0.667. The fourth-order valence-corrected chi connectivity index (χ4v) is 1.11. The van der Waals surface area contributed by atoms with E-state index < -0.39 is 24.0 Å². The van der Waals surface area contributed by atoms with Crippen molar-refractivity contribution in [3.63, 3.8) is 0 Å². The van der Waals surface area contributed by atoms with Crippen LogP contribution in [0, 0.1) is 0 Å². The average molecular weight is 222 g/mol. The molecule has 0 aliphatic rings. The Kier molecular flexibility index (Phi) is 2.82. The Morgan fingerprint density at radius 3 is 2.13 bits per heavy atom. The minimum absolute atomic E-state index is 0.197. The van der Waals surface area contributed by atoms with Crippen LogP contribution in [0.15, 0.2) is 6.20 Å². The Balaban J connectivity index is 3.24. The summed E-state index contributed by atoms with van der Waals surface area (Å²) in [4.78, 5) is 0. The molecule has 1 N–H and O–H groups in total. The van der Waals surface area contributed by atoms with Crippen LogP contribution in [0.3, 0.4) is 0 Å². The maximum Gasteiger partial charge on any atom is 0.435 e. The van der Waals surface area contributed by atoms with Crippen LogP contribution in [0.1, 0.15) is 32.0 Å². The highest BCUT2D eigenvalue weighted by Crippen LogP contribution is 2.31. The van der Waals surface area contributed by atoms with Crippen molar-refractivity contribution >= 4 is 0 Å². The van der Waals surface area contributed by atoms with Gasteiger partial charge in [0.05, 0.1) is 12.1 Å². The van der Waals surface area contributed by atoms with Gasteiger partial charge in [-0.05, 0) is 20.8 Å². The van der Waals surface area contributed by atoms with E-state index in [-0.39, 0.29) is 5.56 Å². The van der Waals surface area contributed by atoms with Crippen LogP contribution in [0.2, 0.25) is 0 Å². The second kappa shape index (κ2) is 3.52. The molecule has 0 atom stereocenters. The summed E-state index contributed by atoms with van der Waals surface area (Å²) < 4.78 is 38.6. The van der Waals surface area contributed by atoms with Gasteiger partial charge in [0.1, 0.15) is 0 Å². The lowest BCUT2D eigenvalue weighted by molar-refractivity contribution is -0.142. The van der Waals surface area contributed by atoms with E-state index in [2.05, 4.69) is 5.10 Å². The van der Waals surface area contributed by atoms with E-state index in [1.165, 1.54) is 10.9 Å². The van der Waals surface area contributed by atoms with E-state index in [1.807, 2.05) is 0 Å². The van der Waals surface area contributed by atoms with Gasteiger partial charge in [-0.25, -0.2) is 0 Å². The number of hydrogen-bond donors (Lipinski definition) is 1. The Morgan fingerprint density at radius 1 is 1.33 bits per heavy atom. The zero-order valence-corrected chi connectivity index (χ0v) is 8.76. The topological polar surface area (TPSA) is 38.0 Å². The molecule has 1 aromatic rings. The molecule has 1 heterocycles. The van der Waals surface area contributed by atoms with Gasteiger partial charge in [-0.3, -0.25) is 4.68 Å². The molecular weight excluding hydrogens is 209 g/mol. The first-order chi connectivity index (χ1) is 6.66. The molecule has 0 spiro atoms. The van der Waals surface area contributed by atoms with Gasteiger partial charge in [0.25, 0.3) is 0 Å². The fourth-order valence-electron chi connectivity index (χ4n) is 1.11. The average Bonchev–Trinajstić information content (AvgIpc) is 2.44. The Labute approximate surface area is 85.5 Å². The molecule has 0 saturated heterocycles. The molecule has 0 bridgehead atoms. The normalized spacial score (nSPS) is 13.3. The number of hydrogen-bond acceptors (Lipinski definition) is 2. The maximum absolute atomic E-state index is 12.4. The number of aromatic nitrogens is 2. The van der Waals surface area contributed by atoms with Crippen molar-refractivity contribution in [3.8, 4) is 0 Å². The number of halogens is 3. The summed E-state index contributed by atoms with van der Waals surface area (Å²) in [6.07, 6.45) is -3.29. The largest absolute Gasteiger partial charge is 0.435 e. The Morgan fingerprint density at radius 2 is 1.87 bits per heavy atom. The molecular formula is C9H13F3N2O. The third-order valence-electron chi connectivity index (χ3n) is 1.92. The van der Waals surface area contributed by atoms with Gasteiger partial charge >= 0.3 is 6.18 Å². The van der Waals surface area contributed by atoms with E-state index in [4.69, 9.17) is 5.11 Å². The number of aliphatic hydroxyl groups excluding tert-OH is 1. The van der Waals surface area contributed by atoms with Gasteiger partial charge in [-0.1, -0.05) is 0 Å². The Bertz CT molecular complexity index is 349. The molecule has 0 radical (unpaired) electrons. The summed E-state index contributed by atoms with van der Waals surface area (Å²) in [6.45, 7) is 4.55. The summed E-state index contributed by atoms with van der Waals surface area (Å²) >= 11 is 0. The predicted molar refractivity (Wildman–Crippen MR) is 48.1 cm³/mol. The van der Waals surface area contributed by atoms with Crippen molar-refractivity contribution in [2.24, 2.45) is 0 Å². The van der Waals surface area contributed by atoms with Crippen molar-refractivity contribution in [2.45, 2.75) is 39.1 Å². The van der Waals surface area contributed by atoms with Gasteiger partial charge in [-0.15, -0.1) is 0 Å². The van der Waals surface area contributed by atoms with Gasteiger partial charge < -0.3 is 5.11 Å². The zero-order valence-electron chi connectivity index (χ0n) is 8.76. The number of rotatable bonds is 1. The van der Waals surface area contributed by atoms with E-state index in [0.29, 0.717) is 0 Å². The molecule has 0 aliphatic carbocycles. The lowest BCUT2D eigenvalue weighted by Crippen LogP contribution is -2.23. The predicted octanol–water partition coefficient (Wildman–Crippen LogP) is 2.15. The lowest BCUT2D eigenvalue weighted by Gasteiger charge is -2.18. The highest BCUT2D eigenvalue weighted by Gasteiger charge is 2.37. The molecule has 3 nitrogen and oxygen atoms in total. The maximum atomic E-state index is 12.4. The highest BCUT2D eigenvalue weighted by molar-refractivity contribution is 5.19. The molecule has 1 rings (SSSR count). The third-order valence-corrected chi connectivity index (χ3v) is 1.92. The molecule has 86 valence electrons. The summed E-state index contributed by atoms with van der Waals surface area (Å²) in [6, 6.07) is 0. The van der Waals surface area contributed by atoms with Crippen LogP contribution < -0.4 is 0 Å². The van der Waals surface area contributed by atoms with Gasteiger partial charge in [0, 0.05) is 11.8 Å². The number of aliphatic hydroxyl groups is 1. The highest BCUT2D eigenvalue weighted by atomic mass is 19.4. The standard InChI is InChI=1S/C9H13F3N2O/c1-8(2,3)14-4-6(5-15)7(13-14)9(10,11)12/h4,15H,5H2,1-3H3. The van der Waals surface area contributed by atoms with E-state index in [1.54, 1.807) is 20.8 Å². The molecule has 0 unspecified atom stereocenters. The first-order valence-corrected chi connectivity index (χ1v) is 4.43. The zero-order chi connectivity index (χ0) is 11.9. The number of alkyl halides is 3. The lowest BCUT2D eigenvalue weighted by atomic mass is 10.1. The van der Waals surface area contributed by atoms with E-state index >= 15 is 0 Å². The van der Waals surface area contributed by atoms with Crippen LogP contribution in [-0.2, 0) is 18.3 Å². The smallest absolute Gasteiger partial charge is 0.392 e. The van der Waals surface area contributed by atoms with Crippen molar-refractivity contribution in [1.82, 2.24) is 9.78 Å². The van der Waals surface area contributed by atoms with Gasteiger partial charge in [-0.2, -0.15) is 18.3 Å². The molecule has 6 heteroatoms. The monoisotopic (exact) mass is 222 g/mol. The molecule has 1 aromatic heterocycles. The second-order valence-electron chi connectivity index (χ2n) is 4.27. The van der Waals surface area contributed by atoms with Crippen molar-refractivity contribution < 1.29 is 18.3 Å². The van der Waals surface area contributed by atoms with Crippen LogP contribution in [0.5, 0.6) is 0 Å². The van der Waals surface area contributed by atoms with E-state index in [0.717, 1.165) is 0 Å². The summed E-state index contributed by atoms with van der Waals surface area (Å²) in [7, 11) is 0. The molecule has 0 aromatic carbocycles. The van der Waals surface area contributed by atoms with Crippen molar-refractivity contribution in [2.75, 3.05) is 0 Å². The second-order valence-corrected chi connectivity index (χ2v) is 4.27. The van der Waals surface area contributed by atoms with Crippen molar-refractivity contribution in [1.29, 1.82) is 0 Å². The summed E-state index contributed by atoms with van der Waals surface area (Å²) in [5, 5.41) is 12.3. The van der Waals surface area contributed by atoms with Crippen molar-refractivity contribution in [3.05, 3.63) is 17.5 Å².